The molecule has 9 heteroatoms. The second kappa shape index (κ2) is 10.2. The summed E-state index contributed by atoms with van der Waals surface area (Å²) in [5.41, 5.74) is 1.87. The molecule has 35 heavy (non-hydrogen) atoms. The Bertz CT molecular complexity index is 1240. The predicted molar refractivity (Wildman–Crippen MR) is 131 cm³/mol. The van der Waals surface area contributed by atoms with Crippen molar-refractivity contribution in [2.45, 2.75) is 69.5 Å². The van der Waals surface area contributed by atoms with Crippen molar-refractivity contribution in [2.24, 2.45) is 0 Å². The molecule has 0 unspecified atom stereocenters. The highest BCUT2D eigenvalue weighted by Gasteiger charge is 2.43. The summed E-state index contributed by atoms with van der Waals surface area (Å²) in [6, 6.07) is 12.7. The lowest BCUT2D eigenvalue weighted by Crippen LogP contribution is -2.52. The van der Waals surface area contributed by atoms with Crippen LogP contribution in [0.25, 0.3) is 0 Å². The van der Waals surface area contributed by atoms with Gasteiger partial charge in [0.15, 0.2) is 0 Å². The van der Waals surface area contributed by atoms with Gasteiger partial charge in [-0.3, -0.25) is 14.4 Å². The maximum atomic E-state index is 13.5. The molecular formula is C26H31N3O5S. The first kappa shape index (κ1) is 24.9. The zero-order valence-corrected chi connectivity index (χ0v) is 20.9. The Morgan fingerprint density at radius 2 is 1.80 bits per heavy atom. The third-order valence-corrected chi connectivity index (χ3v) is 8.53. The highest BCUT2D eigenvalue weighted by atomic mass is 32.2. The number of hydrogen-bond donors (Lipinski definition) is 1. The van der Waals surface area contributed by atoms with Crippen LogP contribution in [0.1, 0.15) is 60.5 Å². The third-order valence-electron chi connectivity index (χ3n) is 6.75. The Morgan fingerprint density at radius 1 is 1.09 bits per heavy atom. The van der Waals surface area contributed by atoms with Crippen molar-refractivity contribution in [1.82, 2.24) is 14.5 Å². The topological polar surface area (TPSA) is 104 Å². The molecule has 1 atom stereocenters. The fourth-order valence-electron chi connectivity index (χ4n) is 4.76. The molecule has 1 saturated carbocycles. The van der Waals surface area contributed by atoms with Crippen LogP contribution in [0, 0.1) is 6.92 Å². The zero-order chi connectivity index (χ0) is 25.2. The van der Waals surface area contributed by atoms with Crippen molar-refractivity contribution in [3.05, 3.63) is 65.2 Å². The van der Waals surface area contributed by atoms with Crippen LogP contribution in [0.15, 0.2) is 53.4 Å². The van der Waals surface area contributed by atoms with E-state index in [4.69, 9.17) is 0 Å². The van der Waals surface area contributed by atoms with E-state index < -0.39 is 34.4 Å². The summed E-state index contributed by atoms with van der Waals surface area (Å²) >= 11 is 0. The van der Waals surface area contributed by atoms with Gasteiger partial charge in [-0.15, -0.1) is 0 Å². The van der Waals surface area contributed by atoms with Crippen LogP contribution in [0.4, 0.5) is 0 Å². The Morgan fingerprint density at radius 3 is 2.49 bits per heavy atom. The molecule has 4 rings (SSSR count). The Hall–Kier alpha value is -3.20. The maximum Gasteiger partial charge on any atom is 0.269 e. The average Bonchev–Trinajstić information content (AvgIpc) is 3.03. The Balaban J connectivity index is 1.57. The Kier molecular flexibility index (Phi) is 7.25. The summed E-state index contributed by atoms with van der Waals surface area (Å²) < 4.78 is 26.6. The van der Waals surface area contributed by atoms with E-state index in [2.05, 4.69) is 5.32 Å². The highest BCUT2D eigenvalue weighted by Crippen LogP contribution is 2.30. The number of hydrogen-bond acceptors (Lipinski definition) is 5. The van der Waals surface area contributed by atoms with E-state index in [1.165, 1.54) is 23.1 Å². The first-order chi connectivity index (χ1) is 16.7. The molecule has 2 aliphatic rings. The number of carbonyl (C=O) groups excluding carboxylic acids is 3. The number of carbonyl (C=O) groups is 3. The van der Waals surface area contributed by atoms with Gasteiger partial charge in [0.25, 0.3) is 15.9 Å². The first-order valence-electron chi connectivity index (χ1n) is 12.0. The van der Waals surface area contributed by atoms with Crippen LogP contribution >= 0.6 is 0 Å². The SMILES string of the molecule is Cc1cccc(CN(C(=O)CN2C(=O)c3ccccc3S2(=O)=O)[C@H](C)C(=O)NC2CCCCC2)c1. The minimum Gasteiger partial charge on any atom is -0.352 e. The summed E-state index contributed by atoms with van der Waals surface area (Å²) in [6.07, 6.45) is 5.08. The van der Waals surface area contributed by atoms with Gasteiger partial charge in [-0.2, -0.15) is 0 Å². The van der Waals surface area contributed by atoms with Gasteiger partial charge in [-0.05, 0) is 44.4 Å². The molecule has 3 amide bonds. The lowest BCUT2D eigenvalue weighted by atomic mass is 9.95. The molecule has 2 aromatic carbocycles. The largest absolute Gasteiger partial charge is 0.352 e. The van der Waals surface area contributed by atoms with Gasteiger partial charge in [0.1, 0.15) is 17.5 Å². The number of aryl methyl sites for hydroxylation is 1. The monoisotopic (exact) mass is 497 g/mol. The second-order valence-electron chi connectivity index (χ2n) is 9.34. The summed E-state index contributed by atoms with van der Waals surface area (Å²) in [7, 11) is -4.14. The molecule has 2 aromatic rings. The van der Waals surface area contributed by atoms with Gasteiger partial charge < -0.3 is 10.2 Å². The minimum atomic E-state index is -4.14. The van der Waals surface area contributed by atoms with Crippen molar-refractivity contribution in [2.75, 3.05) is 6.54 Å². The van der Waals surface area contributed by atoms with E-state index in [9.17, 15) is 22.8 Å². The smallest absolute Gasteiger partial charge is 0.269 e. The molecule has 0 bridgehead atoms. The third kappa shape index (κ3) is 5.24. The van der Waals surface area contributed by atoms with Crippen LogP contribution in [0.3, 0.4) is 0 Å². The number of amides is 3. The van der Waals surface area contributed by atoms with Gasteiger partial charge in [0.2, 0.25) is 11.8 Å². The van der Waals surface area contributed by atoms with Crippen molar-refractivity contribution < 1.29 is 22.8 Å². The molecule has 0 aromatic heterocycles. The highest BCUT2D eigenvalue weighted by molar-refractivity contribution is 7.90. The van der Waals surface area contributed by atoms with Crippen LogP contribution < -0.4 is 5.32 Å². The number of sulfonamides is 1. The summed E-state index contributed by atoms with van der Waals surface area (Å²) in [5, 5.41) is 3.05. The normalized spacial score (nSPS) is 18.1. The average molecular weight is 498 g/mol. The predicted octanol–water partition coefficient (Wildman–Crippen LogP) is 3.01. The summed E-state index contributed by atoms with van der Waals surface area (Å²) in [6.45, 7) is 3.03. The van der Waals surface area contributed by atoms with Gasteiger partial charge >= 0.3 is 0 Å². The van der Waals surface area contributed by atoms with E-state index in [-0.39, 0.29) is 29.0 Å². The number of fused-ring (bicyclic) bond motifs is 1. The number of nitrogens with zero attached hydrogens (tertiary/aromatic N) is 2. The first-order valence-corrected chi connectivity index (χ1v) is 13.4. The second-order valence-corrected chi connectivity index (χ2v) is 11.2. The van der Waals surface area contributed by atoms with Crippen LogP contribution in [0.5, 0.6) is 0 Å². The number of rotatable bonds is 7. The Labute approximate surface area is 206 Å². The molecule has 1 fully saturated rings. The van der Waals surface area contributed by atoms with E-state index >= 15 is 0 Å². The van der Waals surface area contributed by atoms with E-state index in [0.717, 1.165) is 43.2 Å². The van der Waals surface area contributed by atoms with E-state index in [1.807, 2.05) is 31.2 Å². The fourth-order valence-corrected chi connectivity index (χ4v) is 6.28. The lowest BCUT2D eigenvalue weighted by molar-refractivity contribution is -0.140. The van der Waals surface area contributed by atoms with Gasteiger partial charge in [0.05, 0.1) is 5.56 Å². The molecule has 1 aliphatic heterocycles. The van der Waals surface area contributed by atoms with Crippen LogP contribution in [-0.4, -0.2) is 54.0 Å². The van der Waals surface area contributed by atoms with Crippen LogP contribution in [0.2, 0.25) is 0 Å². The van der Waals surface area contributed by atoms with Crippen molar-refractivity contribution in [3.63, 3.8) is 0 Å². The van der Waals surface area contributed by atoms with Crippen molar-refractivity contribution >= 4 is 27.7 Å². The van der Waals surface area contributed by atoms with Crippen LogP contribution in [-0.2, 0) is 26.2 Å². The van der Waals surface area contributed by atoms with E-state index in [0.29, 0.717) is 4.31 Å². The molecule has 1 aliphatic carbocycles. The van der Waals surface area contributed by atoms with Crippen molar-refractivity contribution in [1.29, 1.82) is 0 Å². The van der Waals surface area contributed by atoms with Crippen molar-refractivity contribution in [3.8, 4) is 0 Å². The fraction of sp³-hybridized carbons (Fsp3) is 0.423. The zero-order valence-electron chi connectivity index (χ0n) is 20.1. The number of benzene rings is 2. The molecule has 1 heterocycles. The molecule has 8 nitrogen and oxygen atoms in total. The molecule has 1 N–H and O–H groups in total. The minimum absolute atomic E-state index is 0.0497. The molecule has 0 radical (unpaired) electrons. The standard InChI is InChI=1S/C26H31N3O5S/c1-18-9-8-10-20(15-18)16-28(19(2)25(31)27-21-11-4-3-5-12-21)24(30)17-29-26(32)22-13-6-7-14-23(22)35(29,33)34/h6-10,13-15,19,21H,3-5,11-12,16-17H2,1-2H3,(H,27,31)/t19-/m1/s1. The lowest BCUT2D eigenvalue weighted by Gasteiger charge is -2.32. The molecular weight excluding hydrogens is 466 g/mol. The van der Waals surface area contributed by atoms with Gasteiger partial charge in [-0.1, -0.05) is 61.2 Å². The van der Waals surface area contributed by atoms with Gasteiger partial charge in [-0.25, -0.2) is 12.7 Å². The summed E-state index contributed by atoms with van der Waals surface area (Å²) in [4.78, 5) is 40.7. The molecule has 186 valence electrons. The number of nitrogens with one attached hydrogen (secondary N) is 1. The van der Waals surface area contributed by atoms with E-state index in [1.54, 1.807) is 13.0 Å². The quantitative estimate of drug-likeness (QED) is 0.633. The molecule has 0 spiro atoms. The van der Waals surface area contributed by atoms with Gasteiger partial charge in [0, 0.05) is 12.6 Å². The maximum absolute atomic E-state index is 13.5. The summed E-state index contributed by atoms with van der Waals surface area (Å²) in [5.74, 6) is -1.62. The molecule has 0 saturated heterocycles.